The second-order valence-corrected chi connectivity index (χ2v) is 11.9. The third-order valence-corrected chi connectivity index (χ3v) is 4.85. The Bertz CT molecular complexity index is 155. The Kier molecular flexibility index (Phi) is 4.33. The Labute approximate surface area is 88.3 Å². The summed E-state index contributed by atoms with van der Waals surface area (Å²) in [5.41, 5.74) is 0. The molecule has 0 N–H and O–H groups in total. The van der Waals surface area contributed by atoms with Gasteiger partial charge in [-0.25, -0.2) is 0 Å². The molecule has 0 aromatic carbocycles. The van der Waals surface area contributed by atoms with Crippen molar-refractivity contribution in [2.75, 3.05) is 24.2 Å². The Morgan fingerprint density at radius 3 is 2.62 bits per heavy atom. The van der Waals surface area contributed by atoms with Gasteiger partial charge < -0.3 is 4.90 Å². The fourth-order valence-corrected chi connectivity index (χ4v) is 4.55. The second-order valence-electron chi connectivity index (χ2n) is 5.28. The molecule has 1 aliphatic rings. The first-order chi connectivity index (χ1) is 5.99. The SMILES string of the molecule is CC1CCSCCN1C[Si](C)(C)C. The Balaban J connectivity index is 2.45. The summed E-state index contributed by atoms with van der Waals surface area (Å²) in [6.07, 6.45) is 2.77. The zero-order valence-electron chi connectivity index (χ0n) is 9.47. The maximum Gasteiger partial charge on any atom is 0.0599 e. The van der Waals surface area contributed by atoms with Crippen LogP contribution in [0.4, 0.5) is 0 Å². The van der Waals surface area contributed by atoms with Crippen LogP contribution in [0.25, 0.3) is 0 Å². The van der Waals surface area contributed by atoms with Crippen molar-refractivity contribution in [3.63, 3.8) is 0 Å². The molecule has 1 fully saturated rings. The summed E-state index contributed by atoms with van der Waals surface area (Å²) < 4.78 is 0. The largest absolute Gasteiger partial charge is 0.303 e. The Hall–Kier alpha value is 0.527. The van der Waals surface area contributed by atoms with Crippen LogP contribution in [0.5, 0.6) is 0 Å². The van der Waals surface area contributed by atoms with Gasteiger partial charge in [0, 0.05) is 18.3 Å². The molecule has 1 atom stereocenters. The van der Waals surface area contributed by atoms with Crippen molar-refractivity contribution in [1.29, 1.82) is 0 Å². The molecule has 0 bridgehead atoms. The van der Waals surface area contributed by atoms with Gasteiger partial charge in [-0.2, -0.15) is 11.8 Å². The van der Waals surface area contributed by atoms with E-state index < -0.39 is 8.07 Å². The minimum absolute atomic E-state index is 0.821. The normalized spacial score (nSPS) is 27.2. The predicted octanol–water partition coefficient (Wildman–Crippen LogP) is 2.69. The minimum atomic E-state index is -0.892. The van der Waals surface area contributed by atoms with E-state index in [1.54, 1.807) is 0 Å². The quantitative estimate of drug-likeness (QED) is 0.654. The molecular formula is C10H23NSSi. The second kappa shape index (κ2) is 4.85. The molecule has 0 aromatic rings. The van der Waals surface area contributed by atoms with Crippen LogP contribution >= 0.6 is 11.8 Å². The highest BCUT2D eigenvalue weighted by Gasteiger charge is 2.23. The summed E-state index contributed by atoms with van der Waals surface area (Å²) >= 11 is 2.12. The van der Waals surface area contributed by atoms with Crippen LogP contribution in [0.15, 0.2) is 0 Å². The number of rotatable bonds is 2. The molecule has 0 spiro atoms. The van der Waals surface area contributed by atoms with E-state index >= 15 is 0 Å². The topological polar surface area (TPSA) is 3.24 Å². The van der Waals surface area contributed by atoms with E-state index in [0.717, 1.165) is 6.04 Å². The molecule has 0 radical (unpaired) electrons. The Morgan fingerprint density at radius 1 is 1.31 bits per heavy atom. The molecule has 1 unspecified atom stereocenters. The van der Waals surface area contributed by atoms with Crippen LogP contribution < -0.4 is 0 Å². The molecule has 1 nitrogen and oxygen atoms in total. The number of hydrogen-bond donors (Lipinski definition) is 0. The van der Waals surface area contributed by atoms with E-state index in [1.807, 2.05) is 0 Å². The first-order valence-electron chi connectivity index (χ1n) is 5.31. The Morgan fingerprint density at radius 2 is 2.00 bits per heavy atom. The van der Waals surface area contributed by atoms with Crippen LogP contribution in [0.1, 0.15) is 13.3 Å². The standard InChI is InChI=1S/C10H23NSSi/c1-10-5-7-12-8-6-11(10)9-13(2,3)4/h10H,5-9H2,1-4H3. The summed E-state index contributed by atoms with van der Waals surface area (Å²) in [4.78, 5) is 2.71. The predicted molar refractivity (Wildman–Crippen MR) is 66.3 cm³/mol. The highest BCUT2D eigenvalue weighted by atomic mass is 32.2. The molecule has 1 aliphatic heterocycles. The molecular weight excluding hydrogens is 194 g/mol. The lowest BCUT2D eigenvalue weighted by molar-refractivity contribution is 0.253. The first kappa shape index (κ1) is 11.6. The van der Waals surface area contributed by atoms with Crippen LogP contribution in [-0.4, -0.2) is 43.2 Å². The third kappa shape index (κ3) is 4.52. The van der Waals surface area contributed by atoms with Gasteiger partial charge in [-0.15, -0.1) is 0 Å². The van der Waals surface area contributed by atoms with Crippen LogP contribution in [0, 0.1) is 0 Å². The zero-order valence-corrected chi connectivity index (χ0v) is 11.3. The van der Waals surface area contributed by atoms with Crippen molar-refractivity contribution in [2.45, 2.75) is 39.0 Å². The lowest BCUT2D eigenvalue weighted by Crippen LogP contribution is -2.45. The van der Waals surface area contributed by atoms with Gasteiger partial charge in [-0.3, -0.25) is 0 Å². The van der Waals surface area contributed by atoms with Gasteiger partial charge in [0.15, 0.2) is 0 Å². The number of thioether (sulfide) groups is 1. The highest BCUT2D eigenvalue weighted by Crippen LogP contribution is 2.17. The molecule has 3 heteroatoms. The van der Waals surface area contributed by atoms with Gasteiger partial charge in [-0.05, 0) is 25.3 Å². The zero-order chi connectivity index (χ0) is 9.90. The van der Waals surface area contributed by atoms with Crippen LogP contribution in [-0.2, 0) is 0 Å². The van der Waals surface area contributed by atoms with Crippen molar-refractivity contribution >= 4 is 19.8 Å². The summed E-state index contributed by atoms with van der Waals surface area (Å²) in [7, 11) is -0.892. The molecule has 0 aliphatic carbocycles. The summed E-state index contributed by atoms with van der Waals surface area (Å²) in [6.45, 7) is 11.1. The molecule has 78 valence electrons. The fourth-order valence-electron chi connectivity index (χ4n) is 1.78. The van der Waals surface area contributed by atoms with Crippen molar-refractivity contribution in [2.24, 2.45) is 0 Å². The van der Waals surface area contributed by atoms with Crippen molar-refractivity contribution in [3.05, 3.63) is 0 Å². The van der Waals surface area contributed by atoms with Crippen LogP contribution in [0.2, 0.25) is 19.6 Å². The van der Waals surface area contributed by atoms with Crippen LogP contribution in [0.3, 0.4) is 0 Å². The van der Waals surface area contributed by atoms with E-state index in [0.29, 0.717) is 0 Å². The molecule has 1 heterocycles. The fraction of sp³-hybridized carbons (Fsp3) is 1.00. The number of nitrogens with zero attached hydrogens (tertiary/aromatic N) is 1. The average Bonchev–Trinajstić information content (AvgIpc) is 2.14. The van der Waals surface area contributed by atoms with Gasteiger partial charge in [0.2, 0.25) is 0 Å². The van der Waals surface area contributed by atoms with Gasteiger partial charge in [0.05, 0.1) is 8.07 Å². The van der Waals surface area contributed by atoms with Gasteiger partial charge in [0.25, 0.3) is 0 Å². The van der Waals surface area contributed by atoms with Gasteiger partial charge >= 0.3 is 0 Å². The molecule has 1 saturated heterocycles. The van der Waals surface area contributed by atoms with E-state index in [4.69, 9.17) is 0 Å². The first-order valence-corrected chi connectivity index (χ1v) is 10.2. The van der Waals surface area contributed by atoms with E-state index in [2.05, 4.69) is 43.2 Å². The molecule has 13 heavy (non-hydrogen) atoms. The molecule has 1 rings (SSSR count). The van der Waals surface area contributed by atoms with Crippen molar-refractivity contribution < 1.29 is 0 Å². The smallest absolute Gasteiger partial charge is 0.0599 e. The average molecular weight is 217 g/mol. The minimum Gasteiger partial charge on any atom is -0.303 e. The van der Waals surface area contributed by atoms with Gasteiger partial charge in [-0.1, -0.05) is 19.6 Å². The third-order valence-electron chi connectivity index (χ3n) is 2.50. The molecule has 0 saturated carbocycles. The van der Waals surface area contributed by atoms with E-state index in [-0.39, 0.29) is 0 Å². The van der Waals surface area contributed by atoms with E-state index in [9.17, 15) is 0 Å². The summed E-state index contributed by atoms with van der Waals surface area (Å²) in [5.74, 6) is 2.71. The maximum atomic E-state index is 2.71. The summed E-state index contributed by atoms with van der Waals surface area (Å²) in [6, 6.07) is 0.821. The van der Waals surface area contributed by atoms with Crippen molar-refractivity contribution in [1.82, 2.24) is 4.90 Å². The molecule has 0 aromatic heterocycles. The van der Waals surface area contributed by atoms with Crippen molar-refractivity contribution in [3.8, 4) is 0 Å². The monoisotopic (exact) mass is 217 g/mol. The lowest BCUT2D eigenvalue weighted by atomic mass is 10.2. The maximum absolute atomic E-state index is 2.71. The van der Waals surface area contributed by atoms with E-state index in [1.165, 1.54) is 30.6 Å². The molecule has 0 amide bonds. The summed E-state index contributed by atoms with van der Waals surface area (Å²) in [5, 5.41) is 0. The lowest BCUT2D eigenvalue weighted by Gasteiger charge is -2.32. The van der Waals surface area contributed by atoms with Gasteiger partial charge in [0.1, 0.15) is 0 Å². The number of hydrogen-bond acceptors (Lipinski definition) is 2. The highest BCUT2D eigenvalue weighted by molar-refractivity contribution is 7.99.